The van der Waals surface area contributed by atoms with Crippen molar-refractivity contribution in [2.24, 2.45) is 5.73 Å². The molecule has 3 N–H and O–H groups in total. The van der Waals surface area contributed by atoms with Crippen LogP contribution in [-0.2, 0) is 9.53 Å². The van der Waals surface area contributed by atoms with E-state index in [1.807, 2.05) is 6.07 Å². The number of hydrogen-bond acceptors (Lipinski definition) is 7. The van der Waals surface area contributed by atoms with E-state index in [-0.39, 0.29) is 30.8 Å². The lowest BCUT2D eigenvalue weighted by Crippen LogP contribution is -2.28. The van der Waals surface area contributed by atoms with Crippen LogP contribution in [0.5, 0.6) is 0 Å². The number of halogens is 2. The van der Waals surface area contributed by atoms with Crippen molar-refractivity contribution in [1.29, 1.82) is 0 Å². The normalized spacial score (nSPS) is 11.6. The number of anilines is 1. The van der Waals surface area contributed by atoms with Gasteiger partial charge in [0.1, 0.15) is 5.51 Å². The van der Waals surface area contributed by atoms with Crippen LogP contribution in [0.1, 0.15) is 6.42 Å². The minimum atomic E-state index is -0.289. The summed E-state index contributed by atoms with van der Waals surface area (Å²) in [7, 11) is 1.53. The fourth-order valence-electron chi connectivity index (χ4n) is 1.64. The van der Waals surface area contributed by atoms with Crippen LogP contribution in [0.4, 0.5) is 5.69 Å². The number of carbonyl (C=O) groups excluding carboxylic acids is 1. The molecule has 0 saturated carbocycles. The zero-order chi connectivity index (χ0) is 15.9. The van der Waals surface area contributed by atoms with Crippen molar-refractivity contribution in [3.8, 4) is 0 Å². The molecule has 0 spiro atoms. The molecule has 1 unspecified atom stereocenters. The minimum Gasteiger partial charge on any atom is -0.380 e. The highest BCUT2D eigenvalue weighted by Crippen LogP contribution is 2.35. The first-order chi connectivity index (χ1) is 10.6. The molecule has 0 saturated heterocycles. The Kier molecular flexibility index (Phi) is 8.82. The minimum absolute atomic E-state index is 0. The van der Waals surface area contributed by atoms with Gasteiger partial charge in [0.25, 0.3) is 0 Å². The summed E-state index contributed by atoms with van der Waals surface area (Å²) in [4.78, 5) is 12.7. The maximum Gasteiger partial charge on any atom is 0.227 e. The smallest absolute Gasteiger partial charge is 0.227 e. The van der Waals surface area contributed by atoms with Gasteiger partial charge in [-0.1, -0.05) is 34.7 Å². The Morgan fingerprint density at radius 1 is 1.57 bits per heavy atom. The largest absolute Gasteiger partial charge is 0.380 e. The molecule has 2 aromatic rings. The molecule has 0 aliphatic rings. The van der Waals surface area contributed by atoms with Gasteiger partial charge in [0.05, 0.1) is 17.5 Å². The molecule has 126 valence electrons. The van der Waals surface area contributed by atoms with Crippen LogP contribution < -0.4 is 11.1 Å². The maximum atomic E-state index is 11.9. The van der Waals surface area contributed by atoms with E-state index in [9.17, 15) is 4.79 Å². The van der Waals surface area contributed by atoms with Crippen LogP contribution in [0.2, 0.25) is 5.02 Å². The first kappa shape index (κ1) is 20.1. The lowest BCUT2D eigenvalue weighted by molar-refractivity contribution is -0.118. The standard InChI is InChI=1S/C13H15ClN4O2S2.ClH/c1-20-9(6-15)5-12(19)17-8-2-3-11(10(14)4-8)22-13-18-16-7-21-13;/h2-4,7,9H,5-6,15H2,1H3,(H,17,19);1H. The zero-order valence-corrected chi connectivity index (χ0v) is 15.4. The Labute approximate surface area is 153 Å². The van der Waals surface area contributed by atoms with Crippen LogP contribution in [0, 0.1) is 0 Å². The Hall–Kier alpha value is -0.900. The predicted molar refractivity (Wildman–Crippen MR) is 95.8 cm³/mol. The van der Waals surface area contributed by atoms with Gasteiger partial charge in [-0.25, -0.2) is 0 Å². The average molecular weight is 395 g/mol. The summed E-state index contributed by atoms with van der Waals surface area (Å²) in [5.41, 5.74) is 7.78. The Morgan fingerprint density at radius 2 is 2.35 bits per heavy atom. The predicted octanol–water partition coefficient (Wildman–Crippen LogP) is 3.07. The fraction of sp³-hybridized carbons (Fsp3) is 0.308. The average Bonchev–Trinajstić information content (AvgIpc) is 3.00. The molecule has 0 fully saturated rings. The second-order valence-electron chi connectivity index (χ2n) is 4.30. The monoisotopic (exact) mass is 394 g/mol. The van der Waals surface area contributed by atoms with E-state index in [2.05, 4.69) is 15.5 Å². The number of benzene rings is 1. The number of rotatable bonds is 7. The number of hydrogen-bond donors (Lipinski definition) is 2. The summed E-state index contributed by atoms with van der Waals surface area (Å²) in [6.07, 6.45) is -0.0889. The Balaban J connectivity index is 0.00000264. The summed E-state index contributed by atoms with van der Waals surface area (Å²) in [5, 5.41) is 11.0. The molecule has 1 amide bonds. The Morgan fingerprint density at radius 3 is 2.91 bits per heavy atom. The van der Waals surface area contributed by atoms with Crippen LogP contribution in [0.3, 0.4) is 0 Å². The molecule has 1 atom stereocenters. The highest BCUT2D eigenvalue weighted by Gasteiger charge is 2.12. The van der Waals surface area contributed by atoms with E-state index in [0.717, 1.165) is 9.24 Å². The van der Waals surface area contributed by atoms with Gasteiger partial charge in [0, 0.05) is 24.2 Å². The van der Waals surface area contributed by atoms with Crippen molar-refractivity contribution < 1.29 is 9.53 Å². The van der Waals surface area contributed by atoms with Gasteiger partial charge >= 0.3 is 0 Å². The molecule has 1 aromatic heterocycles. The van der Waals surface area contributed by atoms with Gasteiger partial charge in [-0.15, -0.1) is 22.6 Å². The number of carbonyl (C=O) groups is 1. The van der Waals surface area contributed by atoms with E-state index in [1.54, 1.807) is 17.6 Å². The number of methoxy groups -OCH3 is 1. The van der Waals surface area contributed by atoms with Gasteiger partial charge < -0.3 is 15.8 Å². The van der Waals surface area contributed by atoms with E-state index in [4.69, 9.17) is 22.1 Å². The van der Waals surface area contributed by atoms with Crippen molar-refractivity contribution in [2.75, 3.05) is 19.0 Å². The van der Waals surface area contributed by atoms with Gasteiger partial charge in [0.15, 0.2) is 4.34 Å². The molecule has 0 aliphatic carbocycles. The number of aromatic nitrogens is 2. The second kappa shape index (κ2) is 10.1. The third-order valence-electron chi connectivity index (χ3n) is 2.76. The van der Waals surface area contributed by atoms with Crippen molar-refractivity contribution in [3.63, 3.8) is 0 Å². The highest BCUT2D eigenvalue weighted by atomic mass is 35.5. The first-order valence-corrected chi connectivity index (χ1v) is 8.46. The van der Waals surface area contributed by atoms with Crippen molar-refractivity contribution in [3.05, 3.63) is 28.7 Å². The molecule has 6 nitrogen and oxygen atoms in total. The molecular weight excluding hydrogens is 379 g/mol. The first-order valence-electron chi connectivity index (χ1n) is 6.38. The molecular formula is C13H16Cl2N4O2S2. The molecule has 1 aromatic carbocycles. The quantitative estimate of drug-likeness (QED) is 0.749. The topological polar surface area (TPSA) is 90.1 Å². The number of nitrogens with two attached hydrogens (primary N) is 1. The van der Waals surface area contributed by atoms with Crippen LogP contribution >= 0.6 is 47.1 Å². The summed E-state index contributed by atoms with van der Waals surface area (Å²) < 4.78 is 5.89. The van der Waals surface area contributed by atoms with E-state index < -0.39 is 0 Å². The van der Waals surface area contributed by atoms with Crippen LogP contribution in [0.25, 0.3) is 0 Å². The molecule has 1 heterocycles. The molecule has 2 rings (SSSR count). The van der Waals surface area contributed by atoms with E-state index in [0.29, 0.717) is 17.3 Å². The molecule has 23 heavy (non-hydrogen) atoms. The third kappa shape index (κ3) is 6.25. The van der Waals surface area contributed by atoms with Crippen molar-refractivity contribution in [2.45, 2.75) is 21.8 Å². The number of nitrogens with zero attached hydrogens (tertiary/aromatic N) is 2. The molecule has 10 heteroatoms. The van der Waals surface area contributed by atoms with Crippen LogP contribution in [0.15, 0.2) is 32.9 Å². The molecule has 0 radical (unpaired) electrons. The van der Waals surface area contributed by atoms with E-state index >= 15 is 0 Å². The number of nitrogens with one attached hydrogen (secondary N) is 1. The zero-order valence-electron chi connectivity index (χ0n) is 12.2. The summed E-state index contributed by atoms with van der Waals surface area (Å²) in [5.74, 6) is -0.169. The van der Waals surface area contributed by atoms with Crippen LogP contribution in [-0.4, -0.2) is 35.9 Å². The SMILES string of the molecule is COC(CN)CC(=O)Nc1ccc(Sc2nncs2)c(Cl)c1.Cl. The van der Waals surface area contributed by atoms with Gasteiger partial charge in [-0.2, -0.15) is 0 Å². The van der Waals surface area contributed by atoms with Crippen molar-refractivity contribution >= 4 is 58.7 Å². The maximum absolute atomic E-state index is 11.9. The van der Waals surface area contributed by atoms with Gasteiger partial charge in [0.2, 0.25) is 5.91 Å². The fourth-order valence-corrected chi connectivity index (χ4v) is 3.38. The highest BCUT2D eigenvalue weighted by molar-refractivity contribution is 8.01. The summed E-state index contributed by atoms with van der Waals surface area (Å²) in [6, 6.07) is 5.32. The number of ether oxygens (including phenoxy) is 1. The van der Waals surface area contributed by atoms with Gasteiger partial charge in [-0.3, -0.25) is 4.79 Å². The lowest BCUT2D eigenvalue weighted by Gasteiger charge is -2.13. The summed E-state index contributed by atoms with van der Waals surface area (Å²) >= 11 is 9.10. The second-order valence-corrected chi connectivity index (χ2v) is 6.83. The van der Waals surface area contributed by atoms with Gasteiger partial charge in [-0.05, 0) is 18.2 Å². The van der Waals surface area contributed by atoms with E-state index in [1.165, 1.54) is 30.2 Å². The van der Waals surface area contributed by atoms with Crippen molar-refractivity contribution in [1.82, 2.24) is 10.2 Å². The lowest BCUT2D eigenvalue weighted by atomic mass is 10.2. The number of amides is 1. The third-order valence-corrected chi connectivity index (χ3v) is 5.04. The molecule has 0 bridgehead atoms. The molecule has 0 aliphatic heterocycles. The Bertz CT molecular complexity index is 624. The summed E-state index contributed by atoms with van der Waals surface area (Å²) in [6.45, 7) is 0.294.